The summed E-state index contributed by atoms with van der Waals surface area (Å²) in [6, 6.07) is 5.74. The van der Waals surface area contributed by atoms with Gasteiger partial charge < -0.3 is 14.8 Å². The molecule has 0 bridgehead atoms. The van der Waals surface area contributed by atoms with Crippen molar-refractivity contribution < 1.29 is 17.9 Å². The Morgan fingerprint density at radius 3 is 2.71 bits per heavy atom. The lowest BCUT2D eigenvalue weighted by molar-refractivity contribution is 0.199. The maximum atomic E-state index is 11.0. The van der Waals surface area contributed by atoms with E-state index in [1.807, 2.05) is 18.2 Å². The Balaban J connectivity index is 2.44. The first-order valence-electron chi connectivity index (χ1n) is 6.71. The van der Waals surface area contributed by atoms with Crippen LogP contribution in [0.2, 0.25) is 0 Å². The number of hydrogen-bond acceptors (Lipinski definition) is 5. The third kappa shape index (κ3) is 8.40. The largest absolute Gasteiger partial charge is 0.494 e. The molecule has 0 saturated carbocycles. The molecular weight excluding hydrogens is 358 g/mol. The van der Waals surface area contributed by atoms with E-state index >= 15 is 0 Å². The van der Waals surface area contributed by atoms with Gasteiger partial charge in [0.15, 0.2) is 0 Å². The highest BCUT2D eigenvalue weighted by atomic mass is 79.9. The van der Waals surface area contributed by atoms with Crippen LogP contribution >= 0.6 is 15.9 Å². The van der Waals surface area contributed by atoms with Crippen molar-refractivity contribution in [2.45, 2.75) is 13.0 Å². The van der Waals surface area contributed by atoms with E-state index in [0.717, 1.165) is 22.3 Å². The fraction of sp³-hybridized carbons (Fsp3) is 0.571. The molecule has 1 N–H and O–H groups in total. The standard InChI is InChI=1S/C14H22BrNO4S/c1-19-8-6-16-11-12-10-13(4-5-14(12)15)20-7-3-9-21(2,17)18/h4-5,10,16H,3,6-9,11H2,1-2H3. The van der Waals surface area contributed by atoms with Crippen molar-refractivity contribution in [1.29, 1.82) is 0 Å². The molecule has 0 amide bonds. The Labute approximate surface area is 135 Å². The normalized spacial score (nSPS) is 11.6. The van der Waals surface area contributed by atoms with Crippen LogP contribution in [-0.2, 0) is 21.1 Å². The summed E-state index contributed by atoms with van der Waals surface area (Å²) in [5.41, 5.74) is 1.09. The minimum absolute atomic E-state index is 0.148. The second-order valence-corrected chi connectivity index (χ2v) is 7.87. The van der Waals surface area contributed by atoms with Gasteiger partial charge >= 0.3 is 0 Å². The van der Waals surface area contributed by atoms with E-state index in [2.05, 4.69) is 21.2 Å². The van der Waals surface area contributed by atoms with Gasteiger partial charge in [-0.1, -0.05) is 15.9 Å². The topological polar surface area (TPSA) is 64.6 Å². The number of halogens is 1. The minimum Gasteiger partial charge on any atom is -0.494 e. The highest BCUT2D eigenvalue weighted by Crippen LogP contribution is 2.22. The van der Waals surface area contributed by atoms with Gasteiger partial charge in [0.25, 0.3) is 0 Å². The third-order valence-corrected chi connectivity index (χ3v) is 4.55. The van der Waals surface area contributed by atoms with Gasteiger partial charge in [-0.05, 0) is 30.2 Å². The number of sulfone groups is 1. The average molecular weight is 380 g/mol. The monoisotopic (exact) mass is 379 g/mol. The lowest BCUT2D eigenvalue weighted by Gasteiger charge is -2.10. The highest BCUT2D eigenvalue weighted by molar-refractivity contribution is 9.10. The molecule has 0 saturated heterocycles. The molecule has 0 atom stereocenters. The van der Waals surface area contributed by atoms with E-state index in [4.69, 9.17) is 9.47 Å². The molecule has 0 aromatic heterocycles. The van der Waals surface area contributed by atoms with Crippen molar-refractivity contribution in [3.8, 4) is 5.75 Å². The smallest absolute Gasteiger partial charge is 0.147 e. The Morgan fingerprint density at radius 2 is 2.05 bits per heavy atom. The van der Waals surface area contributed by atoms with E-state index < -0.39 is 9.84 Å². The SMILES string of the molecule is COCCNCc1cc(OCCCS(C)(=O)=O)ccc1Br. The molecule has 1 aromatic rings. The van der Waals surface area contributed by atoms with Gasteiger partial charge in [-0.15, -0.1) is 0 Å². The van der Waals surface area contributed by atoms with E-state index in [-0.39, 0.29) is 5.75 Å². The molecular formula is C14H22BrNO4S. The zero-order valence-electron chi connectivity index (χ0n) is 12.4. The summed E-state index contributed by atoms with van der Waals surface area (Å²) < 4.78 is 33.6. The number of benzene rings is 1. The van der Waals surface area contributed by atoms with E-state index in [0.29, 0.717) is 26.2 Å². The van der Waals surface area contributed by atoms with Crippen LogP contribution in [0.4, 0.5) is 0 Å². The average Bonchev–Trinajstić information content (AvgIpc) is 2.41. The first-order chi connectivity index (χ1) is 9.92. The molecule has 21 heavy (non-hydrogen) atoms. The van der Waals surface area contributed by atoms with Gasteiger partial charge in [0.05, 0.1) is 19.0 Å². The number of ether oxygens (including phenoxy) is 2. The van der Waals surface area contributed by atoms with Crippen molar-refractivity contribution in [1.82, 2.24) is 5.32 Å². The fourth-order valence-electron chi connectivity index (χ4n) is 1.68. The Kier molecular flexibility index (Phi) is 8.24. The summed E-state index contributed by atoms with van der Waals surface area (Å²) in [5, 5.41) is 3.27. The van der Waals surface area contributed by atoms with Crippen molar-refractivity contribution in [2.75, 3.05) is 38.9 Å². The fourth-order valence-corrected chi connectivity index (χ4v) is 2.71. The lowest BCUT2D eigenvalue weighted by atomic mass is 10.2. The van der Waals surface area contributed by atoms with Crippen LogP contribution in [0.5, 0.6) is 5.75 Å². The van der Waals surface area contributed by atoms with Gasteiger partial charge in [0.2, 0.25) is 0 Å². The minimum atomic E-state index is -2.92. The van der Waals surface area contributed by atoms with E-state index in [9.17, 15) is 8.42 Å². The van der Waals surface area contributed by atoms with Crippen molar-refractivity contribution in [2.24, 2.45) is 0 Å². The van der Waals surface area contributed by atoms with Crippen molar-refractivity contribution in [3.05, 3.63) is 28.2 Å². The molecule has 1 rings (SSSR count). The van der Waals surface area contributed by atoms with E-state index in [1.54, 1.807) is 7.11 Å². The molecule has 0 radical (unpaired) electrons. The van der Waals surface area contributed by atoms with Crippen LogP contribution in [0.1, 0.15) is 12.0 Å². The quantitative estimate of drug-likeness (QED) is 0.629. The van der Waals surface area contributed by atoms with Crippen molar-refractivity contribution in [3.63, 3.8) is 0 Å². The number of hydrogen-bond donors (Lipinski definition) is 1. The first kappa shape index (κ1) is 18.4. The van der Waals surface area contributed by atoms with Gasteiger partial charge in [0.1, 0.15) is 15.6 Å². The van der Waals surface area contributed by atoms with Crippen LogP contribution in [0.15, 0.2) is 22.7 Å². The van der Waals surface area contributed by atoms with Gasteiger partial charge in [-0.3, -0.25) is 0 Å². The molecule has 120 valence electrons. The van der Waals surface area contributed by atoms with Crippen LogP contribution in [0.3, 0.4) is 0 Å². The zero-order valence-corrected chi connectivity index (χ0v) is 14.8. The summed E-state index contributed by atoms with van der Waals surface area (Å²) in [6.07, 6.45) is 1.73. The summed E-state index contributed by atoms with van der Waals surface area (Å²) >= 11 is 3.50. The molecule has 5 nitrogen and oxygen atoms in total. The molecule has 0 heterocycles. The van der Waals surface area contributed by atoms with Gasteiger partial charge in [-0.2, -0.15) is 0 Å². The first-order valence-corrected chi connectivity index (χ1v) is 9.56. The second-order valence-electron chi connectivity index (χ2n) is 4.75. The second kappa shape index (κ2) is 9.40. The molecule has 0 spiro atoms. The highest BCUT2D eigenvalue weighted by Gasteiger charge is 2.04. The van der Waals surface area contributed by atoms with Gasteiger partial charge in [-0.25, -0.2) is 8.42 Å². The molecule has 0 aliphatic rings. The lowest BCUT2D eigenvalue weighted by Crippen LogP contribution is -2.18. The summed E-state index contributed by atoms with van der Waals surface area (Å²) in [6.45, 7) is 2.55. The number of rotatable bonds is 10. The summed E-state index contributed by atoms with van der Waals surface area (Å²) in [7, 11) is -1.25. The third-order valence-electron chi connectivity index (χ3n) is 2.74. The molecule has 0 aliphatic heterocycles. The van der Waals surface area contributed by atoms with Crippen LogP contribution in [0.25, 0.3) is 0 Å². The molecule has 0 unspecified atom stereocenters. The summed E-state index contributed by atoms with van der Waals surface area (Å²) in [4.78, 5) is 0. The summed E-state index contributed by atoms with van der Waals surface area (Å²) in [5.74, 6) is 0.893. The number of methoxy groups -OCH3 is 1. The predicted octanol–water partition coefficient (Wildman–Crippen LogP) is 2.00. The van der Waals surface area contributed by atoms with Crippen LogP contribution in [0, 0.1) is 0 Å². The Morgan fingerprint density at radius 1 is 1.29 bits per heavy atom. The Hall–Kier alpha value is -0.630. The maximum Gasteiger partial charge on any atom is 0.147 e. The molecule has 0 fully saturated rings. The maximum absolute atomic E-state index is 11.0. The van der Waals surface area contributed by atoms with Crippen LogP contribution < -0.4 is 10.1 Å². The molecule has 0 aliphatic carbocycles. The van der Waals surface area contributed by atoms with Crippen LogP contribution in [-0.4, -0.2) is 47.3 Å². The Bertz CT molecular complexity index is 534. The molecule has 1 aromatic carbocycles. The van der Waals surface area contributed by atoms with Crippen molar-refractivity contribution >= 4 is 25.8 Å². The predicted molar refractivity (Wildman–Crippen MR) is 87.5 cm³/mol. The number of nitrogens with one attached hydrogen (secondary N) is 1. The van der Waals surface area contributed by atoms with Gasteiger partial charge in [0, 0.05) is 30.9 Å². The van der Waals surface area contributed by atoms with E-state index in [1.165, 1.54) is 6.26 Å². The zero-order chi connectivity index (χ0) is 15.7. The molecule has 7 heteroatoms.